The van der Waals surface area contributed by atoms with Gasteiger partial charge >= 0.3 is 0 Å². The van der Waals surface area contributed by atoms with Crippen LogP contribution in [0.5, 0.6) is 0 Å². The zero-order chi connectivity index (χ0) is 12.1. The number of hydrogen-bond donors (Lipinski definition) is 0. The summed E-state index contributed by atoms with van der Waals surface area (Å²) < 4.78 is 24.1. The molecule has 0 radical (unpaired) electrons. The summed E-state index contributed by atoms with van der Waals surface area (Å²) in [5.41, 5.74) is 0. The number of sulfonamides is 1. The number of likely N-dealkylation sites (N-methyl/N-ethyl adjacent to an activating group) is 2. The van der Waals surface area contributed by atoms with E-state index in [0.29, 0.717) is 12.3 Å². The average Bonchev–Trinajstić information content (AvgIpc) is 2.14. The zero-order valence-corrected chi connectivity index (χ0v) is 10.8. The molecular formula is C8H17ClN2O3S. The molecule has 0 aliphatic rings. The van der Waals surface area contributed by atoms with Crippen LogP contribution >= 0.6 is 11.6 Å². The highest BCUT2D eigenvalue weighted by atomic mass is 35.5. The quantitative estimate of drug-likeness (QED) is 0.627. The third-order valence-electron chi connectivity index (χ3n) is 1.87. The zero-order valence-electron chi connectivity index (χ0n) is 9.23. The molecule has 5 nitrogen and oxygen atoms in total. The second-order valence-corrected chi connectivity index (χ2v) is 5.98. The molecule has 0 aliphatic heterocycles. The normalized spacial score (nSPS) is 11.8. The van der Waals surface area contributed by atoms with Crippen molar-refractivity contribution in [1.82, 2.24) is 9.21 Å². The molecule has 0 rings (SSSR count). The van der Waals surface area contributed by atoms with Crippen molar-refractivity contribution in [2.45, 2.75) is 6.42 Å². The van der Waals surface area contributed by atoms with Crippen molar-refractivity contribution < 1.29 is 13.2 Å². The van der Waals surface area contributed by atoms with Crippen LogP contribution in [0.4, 0.5) is 0 Å². The predicted octanol–water partition coefficient (Wildman–Crippen LogP) is -0.0349. The molecule has 0 spiro atoms. The van der Waals surface area contributed by atoms with Crippen molar-refractivity contribution in [3.63, 3.8) is 0 Å². The SMILES string of the molecule is CN(C)C(=O)CN(C)S(=O)(=O)CCCCl. The van der Waals surface area contributed by atoms with E-state index in [-0.39, 0.29) is 18.2 Å². The van der Waals surface area contributed by atoms with E-state index in [9.17, 15) is 13.2 Å². The number of nitrogens with zero attached hydrogens (tertiary/aromatic N) is 2. The van der Waals surface area contributed by atoms with Gasteiger partial charge in [0.2, 0.25) is 15.9 Å². The summed E-state index contributed by atoms with van der Waals surface area (Å²) in [5.74, 6) is 0.0366. The minimum Gasteiger partial charge on any atom is -0.348 e. The van der Waals surface area contributed by atoms with Crippen LogP contribution in [-0.4, -0.2) is 62.9 Å². The maximum atomic E-state index is 11.5. The first-order valence-electron chi connectivity index (χ1n) is 4.51. The molecule has 0 N–H and O–H groups in total. The molecule has 0 fully saturated rings. The maximum Gasteiger partial charge on any atom is 0.237 e. The number of carbonyl (C=O) groups excluding carboxylic acids is 1. The van der Waals surface area contributed by atoms with Crippen LogP contribution in [0, 0.1) is 0 Å². The fourth-order valence-electron chi connectivity index (χ4n) is 0.823. The molecule has 1 amide bonds. The van der Waals surface area contributed by atoms with Crippen LogP contribution in [-0.2, 0) is 14.8 Å². The molecule has 0 aromatic carbocycles. The summed E-state index contributed by atoms with van der Waals surface area (Å²) >= 11 is 5.41. The van der Waals surface area contributed by atoms with Crippen LogP contribution in [0.1, 0.15) is 6.42 Å². The third-order valence-corrected chi connectivity index (χ3v) is 4.02. The highest BCUT2D eigenvalue weighted by Gasteiger charge is 2.20. The van der Waals surface area contributed by atoms with Gasteiger partial charge in [-0.3, -0.25) is 4.79 Å². The molecule has 0 aromatic rings. The van der Waals surface area contributed by atoms with Crippen molar-refractivity contribution >= 4 is 27.5 Å². The monoisotopic (exact) mass is 256 g/mol. The topological polar surface area (TPSA) is 57.7 Å². The molecule has 15 heavy (non-hydrogen) atoms. The Bertz CT molecular complexity index is 303. The first-order valence-corrected chi connectivity index (χ1v) is 6.65. The lowest BCUT2D eigenvalue weighted by Gasteiger charge is -2.18. The van der Waals surface area contributed by atoms with E-state index in [1.165, 1.54) is 11.9 Å². The van der Waals surface area contributed by atoms with Crippen molar-refractivity contribution in [2.75, 3.05) is 39.3 Å². The number of carbonyl (C=O) groups is 1. The summed E-state index contributed by atoms with van der Waals surface area (Å²) in [4.78, 5) is 12.6. The Labute approximate surface area is 96.0 Å². The fourth-order valence-corrected chi connectivity index (χ4v) is 2.24. The molecule has 0 saturated carbocycles. The Morgan fingerprint density at radius 3 is 2.20 bits per heavy atom. The van der Waals surface area contributed by atoms with Crippen molar-refractivity contribution in [1.29, 1.82) is 0 Å². The summed E-state index contributed by atoms with van der Waals surface area (Å²) in [5, 5.41) is 0. The van der Waals surface area contributed by atoms with Gasteiger partial charge in [-0.1, -0.05) is 0 Å². The molecule has 0 bridgehead atoms. The van der Waals surface area contributed by atoms with Crippen LogP contribution in [0.25, 0.3) is 0 Å². The van der Waals surface area contributed by atoms with E-state index in [1.54, 1.807) is 14.1 Å². The summed E-state index contributed by atoms with van der Waals surface area (Å²) in [6.07, 6.45) is 0.393. The van der Waals surface area contributed by atoms with Gasteiger partial charge in [0.25, 0.3) is 0 Å². The van der Waals surface area contributed by atoms with Gasteiger partial charge in [-0.05, 0) is 6.42 Å². The molecule has 90 valence electrons. The highest BCUT2D eigenvalue weighted by molar-refractivity contribution is 7.89. The summed E-state index contributed by atoms with van der Waals surface area (Å²) in [7, 11) is 1.21. The van der Waals surface area contributed by atoms with Crippen LogP contribution in [0.2, 0.25) is 0 Å². The lowest BCUT2D eigenvalue weighted by atomic mass is 10.5. The van der Waals surface area contributed by atoms with E-state index < -0.39 is 10.0 Å². The van der Waals surface area contributed by atoms with E-state index >= 15 is 0 Å². The Morgan fingerprint density at radius 1 is 1.27 bits per heavy atom. The maximum absolute atomic E-state index is 11.5. The van der Waals surface area contributed by atoms with Gasteiger partial charge in [0.05, 0.1) is 12.3 Å². The van der Waals surface area contributed by atoms with Gasteiger partial charge in [0, 0.05) is 27.0 Å². The Balaban J connectivity index is 4.31. The van der Waals surface area contributed by atoms with Gasteiger partial charge in [-0.15, -0.1) is 11.6 Å². The van der Waals surface area contributed by atoms with E-state index in [4.69, 9.17) is 11.6 Å². The number of alkyl halides is 1. The van der Waals surface area contributed by atoms with E-state index in [0.717, 1.165) is 4.31 Å². The van der Waals surface area contributed by atoms with Crippen molar-refractivity contribution in [3.8, 4) is 0 Å². The Kier molecular flexibility index (Phi) is 6.16. The smallest absolute Gasteiger partial charge is 0.237 e. The largest absolute Gasteiger partial charge is 0.348 e. The van der Waals surface area contributed by atoms with Gasteiger partial charge in [-0.2, -0.15) is 4.31 Å². The highest BCUT2D eigenvalue weighted by Crippen LogP contribution is 2.01. The van der Waals surface area contributed by atoms with Crippen LogP contribution < -0.4 is 0 Å². The van der Waals surface area contributed by atoms with Gasteiger partial charge in [-0.25, -0.2) is 8.42 Å². The predicted molar refractivity (Wildman–Crippen MR) is 60.4 cm³/mol. The number of halogens is 1. The average molecular weight is 257 g/mol. The molecular weight excluding hydrogens is 240 g/mol. The Morgan fingerprint density at radius 2 is 1.80 bits per heavy atom. The van der Waals surface area contributed by atoms with Crippen molar-refractivity contribution in [2.24, 2.45) is 0 Å². The third kappa shape index (κ3) is 5.34. The summed E-state index contributed by atoms with van der Waals surface area (Å²) in [6, 6.07) is 0. The van der Waals surface area contributed by atoms with Crippen LogP contribution in [0.3, 0.4) is 0 Å². The lowest BCUT2D eigenvalue weighted by Crippen LogP contribution is -2.38. The van der Waals surface area contributed by atoms with Gasteiger partial charge < -0.3 is 4.90 Å². The Hall–Kier alpha value is -0.330. The number of amides is 1. The second-order valence-electron chi connectivity index (χ2n) is 3.40. The summed E-state index contributed by atoms with van der Waals surface area (Å²) in [6.45, 7) is -0.127. The first kappa shape index (κ1) is 14.7. The standard InChI is InChI=1S/C8H17ClN2O3S/c1-10(2)8(12)7-11(3)15(13,14)6-4-5-9/h4-7H2,1-3H3. The molecule has 0 unspecified atom stereocenters. The number of rotatable bonds is 6. The van der Waals surface area contributed by atoms with Crippen molar-refractivity contribution in [3.05, 3.63) is 0 Å². The van der Waals surface area contributed by atoms with Gasteiger partial charge in [0.15, 0.2) is 0 Å². The van der Waals surface area contributed by atoms with E-state index in [2.05, 4.69) is 0 Å². The molecule has 7 heteroatoms. The lowest BCUT2D eigenvalue weighted by molar-refractivity contribution is -0.128. The second kappa shape index (κ2) is 6.30. The fraction of sp³-hybridized carbons (Fsp3) is 0.875. The molecule has 0 saturated heterocycles. The van der Waals surface area contributed by atoms with Crippen LogP contribution in [0.15, 0.2) is 0 Å². The minimum atomic E-state index is -3.35. The number of hydrogen-bond acceptors (Lipinski definition) is 3. The minimum absolute atomic E-state index is 0.0201. The first-order chi connectivity index (χ1) is 6.81. The molecule has 0 heterocycles. The van der Waals surface area contributed by atoms with E-state index in [1.807, 2.05) is 0 Å². The molecule has 0 aromatic heterocycles. The van der Waals surface area contributed by atoms with Gasteiger partial charge in [0.1, 0.15) is 0 Å². The molecule has 0 atom stereocenters. The molecule has 0 aliphatic carbocycles.